The first-order valence-electron chi connectivity index (χ1n) is 16.9. The number of aromatic nitrogens is 3. The van der Waals surface area contributed by atoms with Crippen LogP contribution in [0.2, 0.25) is 0 Å². The first-order valence-corrected chi connectivity index (χ1v) is 16.9. The van der Waals surface area contributed by atoms with Gasteiger partial charge in [0.2, 0.25) is 11.8 Å². The third-order valence-electron chi connectivity index (χ3n) is 9.93. The predicted octanol–water partition coefficient (Wildman–Crippen LogP) is 2.28. The van der Waals surface area contributed by atoms with Crippen LogP contribution in [0, 0.1) is 11.8 Å². The van der Waals surface area contributed by atoms with E-state index in [1.807, 2.05) is 60.7 Å². The molecule has 1 spiro atoms. The summed E-state index contributed by atoms with van der Waals surface area (Å²) in [5, 5.41) is 21.0. The highest BCUT2D eigenvalue weighted by atomic mass is 16.5. The maximum absolute atomic E-state index is 14.7. The number of hydrogen-bond acceptors (Lipinski definition) is 9. The van der Waals surface area contributed by atoms with E-state index in [1.54, 1.807) is 32.7 Å². The van der Waals surface area contributed by atoms with E-state index >= 15 is 0 Å². The number of esters is 1. The maximum Gasteiger partial charge on any atom is 0.306 e. The number of carbonyl (C=O) groups excluding carboxylic acids is 4. The minimum Gasteiger partial charge on any atom is -0.463 e. The summed E-state index contributed by atoms with van der Waals surface area (Å²) in [6.07, 6.45) is 8.63. The van der Waals surface area contributed by atoms with Crippen molar-refractivity contribution in [2.24, 2.45) is 11.8 Å². The Hall–Kier alpha value is -4.88. The van der Waals surface area contributed by atoms with Gasteiger partial charge in [-0.15, -0.1) is 5.10 Å². The van der Waals surface area contributed by atoms with Crippen molar-refractivity contribution in [1.82, 2.24) is 30.1 Å². The van der Waals surface area contributed by atoms with Crippen molar-refractivity contribution in [3.63, 3.8) is 0 Å². The number of nitrogens with zero attached hydrogens (tertiary/aromatic N) is 5. The molecule has 0 bridgehead atoms. The van der Waals surface area contributed by atoms with Gasteiger partial charge in [0.15, 0.2) is 0 Å². The van der Waals surface area contributed by atoms with Crippen molar-refractivity contribution in [3.8, 4) is 0 Å². The number of allylic oxidation sites excluding steroid dienone is 1. The minimum atomic E-state index is -1.42. The molecule has 5 heterocycles. The molecule has 7 rings (SSSR count). The van der Waals surface area contributed by atoms with Crippen LogP contribution in [0.5, 0.6) is 0 Å². The van der Waals surface area contributed by atoms with E-state index in [9.17, 15) is 24.3 Å². The summed E-state index contributed by atoms with van der Waals surface area (Å²) in [7, 11) is 0. The third-order valence-corrected chi connectivity index (χ3v) is 9.93. The molecule has 0 aliphatic carbocycles. The highest BCUT2D eigenvalue weighted by molar-refractivity contribution is 5.99. The molecule has 4 aliphatic heterocycles. The van der Waals surface area contributed by atoms with Crippen LogP contribution >= 0.6 is 0 Å². The van der Waals surface area contributed by atoms with Gasteiger partial charge in [0.1, 0.15) is 30.4 Å². The number of hydrogen-bond donors (Lipinski definition) is 2. The van der Waals surface area contributed by atoms with E-state index in [-0.39, 0.29) is 57.2 Å². The SMILES string of the molecule is O=C1CC/C=C\[C@@H]2O[C@@]34C=CCN(Cn5nnc6ccccc65)C(=O)[C@@H]3N(CCCCCO)C(=O)[C@H]4[C@@H]2C(=O)N[C@@H](c2ccccc2)CO1. The second-order valence-electron chi connectivity index (χ2n) is 13.0. The number of benzene rings is 2. The maximum atomic E-state index is 14.7. The number of cyclic esters (lactones) is 1. The number of fused-ring (bicyclic) bond motifs is 3. The van der Waals surface area contributed by atoms with E-state index < -0.39 is 41.5 Å². The molecule has 0 saturated carbocycles. The Morgan fingerprint density at radius 2 is 1.78 bits per heavy atom. The number of unbranched alkanes of at least 4 members (excludes halogenated alkanes) is 2. The lowest BCUT2D eigenvalue weighted by Gasteiger charge is -2.35. The monoisotopic (exact) mass is 668 g/mol. The Balaban J connectivity index is 1.26. The molecule has 2 aromatic carbocycles. The molecule has 256 valence electrons. The zero-order valence-corrected chi connectivity index (χ0v) is 27.1. The van der Waals surface area contributed by atoms with Gasteiger partial charge in [-0.25, -0.2) is 4.68 Å². The third kappa shape index (κ3) is 6.12. The number of likely N-dealkylation sites (tertiary alicyclic amines) is 1. The topological polar surface area (TPSA) is 156 Å². The number of carbonyl (C=O) groups is 4. The summed E-state index contributed by atoms with van der Waals surface area (Å²) in [6.45, 7) is 0.573. The molecule has 13 heteroatoms. The first kappa shape index (κ1) is 32.7. The Morgan fingerprint density at radius 3 is 2.61 bits per heavy atom. The summed E-state index contributed by atoms with van der Waals surface area (Å²) >= 11 is 0. The summed E-state index contributed by atoms with van der Waals surface area (Å²) < 4.78 is 14.0. The molecule has 0 radical (unpaired) electrons. The standard InChI is InChI=1S/C36H40N6O7/c43-21-10-2-9-20-41-32-35(47)40(23-42-27-15-6-5-14-25(27)38-39-42)19-11-18-36(32)31(34(41)46)30-28(49-36)16-7-8-17-29(44)48-22-26(37-33(30)45)24-12-3-1-4-13-24/h1,3-7,11-16,18,26,28,30-32,43H,2,8-10,17,19-23H2,(H,37,45)/b16-7-/t26-,28+,30-,31-,32+,36-/m1/s1. The number of nitrogens with one attached hydrogen (secondary N) is 1. The van der Waals surface area contributed by atoms with Gasteiger partial charge in [0, 0.05) is 26.1 Å². The molecule has 3 aromatic rings. The van der Waals surface area contributed by atoms with Crippen LogP contribution in [0.3, 0.4) is 0 Å². The van der Waals surface area contributed by atoms with Crippen LogP contribution in [-0.2, 0) is 35.3 Å². The normalized spacial score (nSPS) is 29.4. The summed E-state index contributed by atoms with van der Waals surface area (Å²) in [5.74, 6) is -3.40. The van der Waals surface area contributed by atoms with E-state index in [4.69, 9.17) is 9.47 Å². The van der Waals surface area contributed by atoms with Crippen LogP contribution in [0.15, 0.2) is 78.9 Å². The fourth-order valence-electron chi connectivity index (χ4n) is 7.61. The highest BCUT2D eigenvalue weighted by Crippen LogP contribution is 2.53. The molecule has 6 atom stereocenters. The quantitative estimate of drug-likeness (QED) is 0.209. The van der Waals surface area contributed by atoms with Crippen molar-refractivity contribution in [2.75, 3.05) is 26.3 Å². The van der Waals surface area contributed by atoms with Crippen molar-refractivity contribution < 1.29 is 33.8 Å². The molecular weight excluding hydrogens is 628 g/mol. The largest absolute Gasteiger partial charge is 0.463 e. The van der Waals surface area contributed by atoms with Gasteiger partial charge in [-0.1, -0.05) is 72.0 Å². The molecule has 0 unspecified atom stereocenters. The Kier molecular flexibility index (Phi) is 9.28. The number of amides is 3. The van der Waals surface area contributed by atoms with Crippen molar-refractivity contribution in [3.05, 3.63) is 84.5 Å². The van der Waals surface area contributed by atoms with Crippen molar-refractivity contribution in [2.45, 2.75) is 62.6 Å². The van der Waals surface area contributed by atoms with E-state index in [0.717, 1.165) is 11.1 Å². The average molecular weight is 669 g/mol. The molecule has 3 amide bonds. The lowest BCUT2D eigenvalue weighted by Crippen LogP contribution is -2.55. The molecule has 2 N–H and O–H groups in total. The van der Waals surface area contributed by atoms with Gasteiger partial charge in [0.05, 0.1) is 29.5 Å². The fourth-order valence-corrected chi connectivity index (χ4v) is 7.61. The lowest BCUT2D eigenvalue weighted by atomic mass is 9.77. The average Bonchev–Trinajstić information content (AvgIpc) is 3.70. The van der Waals surface area contributed by atoms with Crippen LogP contribution < -0.4 is 5.32 Å². The smallest absolute Gasteiger partial charge is 0.306 e. The van der Waals surface area contributed by atoms with Gasteiger partial charge in [-0.3, -0.25) is 19.2 Å². The number of rotatable bonds is 8. The van der Waals surface area contributed by atoms with Crippen LogP contribution in [0.4, 0.5) is 0 Å². The number of para-hydroxylation sites is 1. The minimum absolute atomic E-state index is 0.0303. The fraction of sp³-hybridized carbons (Fsp3) is 0.444. The first-order chi connectivity index (χ1) is 23.9. The summed E-state index contributed by atoms with van der Waals surface area (Å²) in [6, 6.07) is 15.0. The molecule has 49 heavy (non-hydrogen) atoms. The molecule has 13 nitrogen and oxygen atoms in total. The molecule has 1 aromatic heterocycles. The second kappa shape index (κ2) is 13.9. The lowest BCUT2D eigenvalue weighted by molar-refractivity contribution is -0.149. The van der Waals surface area contributed by atoms with Gasteiger partial charge < -0.3 is 29.7 Å². The Bertz CT molecular complexity index is 1780. The number of aliphatic hydroxyl groups is 1. The molecule has 2 saturated heterocycles. The van der Waals surface area contributed by atoms with E-state index in [1.165, 1.54) is 0 Å². The van der Waals surface area contributed by atoms with Crippen molar-refractivity contribution in [1.29, 1.82) is 0 Å². The second-order valence-corrected chi connectivity index (χ2v) is 13.0. The zero-order valence-electron chi connectivity index (χ0n) is 27.1. The van der Waals surface area contributed by atoms with E-state index in [0.29, 0.717) is 31.2 Å². The van der Waals surface area contributed by atoms with Crippen LogP contribution in [0.1, 0.15) is 43.7 Å². The Labute approximate surface area is 283 Å². The zero-order chi connectivity index (χ0) is 34.0. The van der Waals surface area contributed by atoms with Crippen LogP contribution in [-0.4, -0.2) is 97.6 Å². The summed E-state index contributed by atoms with van der Waals surface area (Å²) in [4.78, 5) is 59.5. The van der Waals surface area contributed by atoms with Crippen molar-refractivity contribution >= 4 is 34.7 Å². The van der Waals surface area contributed by atoms with Gasteiger partial charge in [0.25, 0.3) is 5.91 Å². The number of aliphatic hydroxyl groups excluding tert-OH is 1. The number of ether oxygens (including phenoxy) is 2. The van der Waals surface area contributed by atoms with Gasteiger partial charge >= 0.3 is 5.97 Å². The predicted molar refractivity (Wildman–Crippen MR) is 176 cm³/mol. The van der Waals surface area contributed by atoms with E-state index in [2.05, 4.69) is 15.6 Å². The molecule has 4 aliphatic rings. The Morgan fingerprint density at radius 1 is 0.959 bits per heavy atom. The molecule has 2 fully saturated rings. The molecular formula is C36H40N6O7. The van der Waals surface area contributed by atoms with Gasteiger partial charge in [-0.2, -0.15) is 0 Å². The van der Waals surface area contributed by atoms with Crippen LogP contribution in [0.25, 0.3) is 11.0 Å². The highest BCUT2D eigenvalue weighted by Gasteiger charge is 2.71. The summed E-state index contributed by atoms with van der Waals surface area (Å²) in [5.41, 5.74) is 0.802. The van der Waals surface area contributed by atoms with Gasteiger partial charge in [-0.05, 0) is 43.4 Å².